The smallest absolute Gasteiger partial charge is 0.284 e. The molecule has 0 radical (unpaired) electrons. The standard InChI is InChI=1S/C9H16N4O2S/c1-8-3-2-4-13(7-8)16(14,15)12-9-5-10-11-6-9/h5-6,8,12H,2-4,7H2,1H3,(H,10,11). The second-order valence-corrected chi connectivity index (χ2v) is 5.87. The second kappa shape index (κ2) is 4.42. The lowest BCUT2D eigenvalue weighted by Gasteiger charge is -2.29. The zero-order valence-electron chi connectivity index (χ0n) is 9.18. The first-order chi connectivity index (χ1) is 7.58. The number of nitrogens with zero attached hydrogens (tertiary/aromatic N) is 2. The van der Waals surface area contributed by atoms with Gasteiger partial charge in [-0.3, -0.25) is 9.82 Å². The van der Waals surface area contributed by atoms with Gasteiger partial charge in [0.05, 0.1) is 11.9 Å². The summed E-state index contributed by atoms with van der Waals surface area (Å²) in [5.41, 5.74) is 0.471. The van der Waals surface area contributed by atoms with Crippen LogP contribution in [0.15, 0.2) is 12.4 Å². The highest BCUT2D eigenvalue weighted by Crippen LogP contribution is 2.19. The number of hydrogen-bond acceptors (Lipinski definition) is 3. The maximum Gasteiger partial charge on any atom is 0.301 e. The third kappa shape index (κ3) is 2.53. The Bertz CT molecular complexity index is 428. The summed E-state index contributed by atoms with van der Waals surface area (Å²) in [6, 6.07) is 0. The monoisotopic (exact) mass is 244 g/mol. The number of piperidine rings is 1. The lowest BCUT2D eigenvalue weighted by atomic mass is 10.0. The third-order valence-electron chi connectivity index (χ3n) is 2.70. The van der Waals surface area contributed by atoms with E-state index in [1.165, 1.54) is 16.7 Å². The van der Waals surface area contributed by atoms with Crippen LogP contribution in [0.2, 0.25) is 0 Å². The average Bonchev–Trinajstić information content (AvgIpc) is 2.70. The fourth-order valence-corrected chi connectivity index (χ4v) is 3.24. The number of anilines is 1. The molecule has 6 nitrogen and oxygen atoms in total. The van der Waals surface area contributed by atoms with Crippen molar-refractivity contribution in [3.8, 4) is 0 Å². The number of aromatic amines is 1. The van der Waals surface area contributed by atoms with Crippen molar-refractivity contribution < 1.29 is 8.42 Å². The minimum atomic E-state index is -3.42. The zero-order valence-corrected chi connectivity index (χ0v) is 10.00. The molecule has 7 heteroatoms. The van der Waals surface area contributed by atoms with E-state index in [2.05, 4.69) is 21.8 Å². The van der Waals surface area contributed by atoms with E-state index in [0.717, 1.165) is 12.8 Å². The number of hydrogen-bond donors (Lipinski definition) is 2. The van der Waals surface area contributed by atoms with Crippen molar-refractivity contribution in [2.24, 2.45) is 5.92 Å². The molecule has 1 atom stereocenters. The van der Waals surface area contributed by atoms with E-state index in [1.54, 1.807) is 0 Å². The summed E-state index contributed by atoms with van der Waals surface area (Å²) < 4.78 is 27.9. The molecule has 2 N–H and O–H groups in total. The molecule has 1 aliphatic rings. The van der Waals surface area contributed by atoms with E-state index in [-0.39, 0.29) is 0 Å². The van der Waals surface area contributed by atoms with E-state index in [0.29, 0.717) is 24.7 Å². The van der Waals surface area contributed by atoms with Crippen LogP contribution < -0.4 is 4.72 Å². The SMILES string of the molecule is CC1CCCN(S(=O)(=O)Nc2cn[nH]c2)C1. The maximum absolute atomic E-state index is 12.0. The van der Waals surface area contributed by atoms with Crippen LogP contribution in [0.5, 0.6) is 0 Å². The van der Waals surface area contributed by atoms with E-state index < -0.39 is 10.2 Å². The molecule has 1 unspecified atom stereocenters. The molecule has 1 aliphatic heterocycles. The first-order valence-corrected chi connectivity index (χ1v) is 6.78. The van der Waals surface area contributed by atoms with Gasteiger partial charge in [0, 0.05) is 19.3 Å². The van der Waals surface area contributed by atoms with Gasteiger partial charge in [-0.25, -0.2) is 0 Å². The Kier molecular flexibility index (Phi) is 3.15. The zero-order chi connectivity index (χ0) is 11.6. The van der Waals surface area contributed by atoms with E-state index >= 15 is 0 Å². The summed E-state index contributed by atoms with van der Waals surface area (Å²) in [6.07, 6.45) is 4.99. The van der Waals surface area contributed by atoms with Gasteiger partial charge in [0.2, 0.25) is 0 Å². The third-order valence-corrected chi connectivity index (χ3v) is 4.21. The molecule has 1 aromatic heterocycles. The Labute approximate surface area is 95.2 Å². The highest BCUT2D eigenvalue weighted by atomic mass is 32.2. The average molecular weight is 244 g/mol. The Morgan fingerprint density at radius 3 is 3.06 bits per heavy atom. The van der Waals surface area contributed by atoms with Gasteiger partial charge in [-0.05, 0) is 18.8 Å². The van der Waals surface area contributed by atoms with Crippen molar-refractivity contribution >= 4 is 15.9 Å². The molecule has 16 heavy (non-hydrogen) atoms. The molecule has 2 rings (SSSR count). The van der Waals surface area contributed by atoms with Gasteiger partial charge in [-0.15, -0.1) is 0 Å². The number of aromatic nitrogens is 2. The summed E-state index contributed by atoms with van der Waals surface area (Å²) in [6.45, 7) is 3.25. The predicted molar refractivity (Wildman–Crippen MR) is 61.1 cm³/mol. The molecule has 1 aromatic rings. The molecule has 1 fully saturated rings. The van der Waals surface area contributed by atoms with Crippen LogP contribution in [0, 0.1) is 5.92 Å². The van der Waals surface area contributed by atoms with Crippen molar-refractivity contribution in [1.82, 2.24) is 14.5 Å². The Hall–Kier alpha value is -1.08. The van der Waals surface area contributed by atoms with Crippen LogP contribution in [-0.4, -0.2) is 36.0 Å². The molecule has 0 bridgehead atoms. The van der Waals surface area contributed by atoms with Gasteiger partial charge in [-0.2, -0.15) is 17.8 Å². The molecule has 0 aromatic carbocycles. The molecule has 0 amide bonds. The molecule has 1 saturated heterocycles. The summed E-state index contributed by atoms with van der Waals surface area (Å²) in [4.78, 5) is 0. The highest BCUT2D eigenvalue weighted by molar-refractivity contribution is 7.90. The number of H-pyrrole nitrogens is 1. The number of rotatable bonds is 3. The van der Waals surface area contributed by atoms with Crippen molar-refractivity contribution in [2.75, 3.05) is 17.8 Å². The molecule has 2 heterocycles. The van der Waals surface area contributed by atoms with Crippen LogP contribution in [0.3, 0.4) is 0 Å². The normalized spacial score (nSPS) is 23.2. The predicted octanol–water partition coefficient (Wildman–Crippen LogP) is 0.798. The molecular formula is C9H16N4O2S. The lowest BCUT2D eigenvalue weighted by Crippen LogP contribution is -2.42. The summed E-state index contributed by atoms with van der Waals surface area (Å²) in [5.74, 6) is 0.426. The molecule has 0 aliphatic carbocycles. The summed E-state index contributed by atoms with van der Waals surface area (Å²) in [7, 11) is -3.42. The van der Waals surface area contributed by atoms with Crippen LogP contribution >= 0.6 is 0 Å². The molecule has 0 spiro atoms. The van der Waals surface area contributed by atoms with Crippen LogP contribution in [-0.2, 0) is 10.2 Å². The quantitative estimate of drug-likeness (QED) is 0.825. The minimum Gasteiger partial charge on any atom is -0.284 e. The first-order valence-electron chi connectivity index (χ1n) is 5.34. The first kappa shape index (κ1) is 11.4. The Balaban J connectivity index is 2.06. The fraction of sp³-hybridized carbons (Fsp3) is 0.667. The molecular weight excluding hydrogens is 228 g/mol. The van der Waals surface area contributed by atoms with Gasteiger partial charge in [0.25, 0.3) is 0 Å². The van der Waals surface area contributed by atoms with Crippen LogP contribution in [0.25, 0.3) is 0 Å². The van der Waals surface area contributed by atoms with Gasteiger partial charge in [0.1, 0.15) is 0 Å². The van der Waals surface area contributed by atoms with Crippen molar-refractivity contribution in [3.63, 3.8) is 0 Å². The van der Waals surface area contributed by atoms with E-state index in [4.69, 9.17) is 0 Å². The van der Waals surface area contributed by atoms with Gasteiger partial charge in [-0.1, -0.05) is 6.92 Å². The number of nitrogens with one attached hydrogen (secondary N) is 2. The van der Waals surface area contributed by atoms with Gasteiger partial charge >= 0.3 is 10.2 Å². The highest BCUT2D eigenvalue weighted by Gasteiger charge is 2.26. The van der Waals surface area contributed by atoms with Crippen molar-refractivity contribution in [2.45, 2.75) is 19.8 Å². The lowest BCUT2D eigenvalue weighted by molar-refractivity contribution is 0.282. The molecule has 0 saturated carbocycles. The minimum absolute atomic E-state index is 0.426. The Morgan fingerprint density at radius 2 is 2.44 bits per heavy atom. The van der Waals surface area contributed by atoms with Gasteiger partial charge in [0.15, 0.2) is 0 Å². The topological polar surface area (TPSA) is 78.1 Å². The van der Waals surface area contributed by atoms with Crippen molar-refractivity contribution in [1.29, 1.82) is 0 Å². The summed E-state index contributed by atoms with van der Waals surface area (Å²) in [5, 5.41) is 6.26. The van der Waals surface area contributed by atoms with Crippen molar-refractivity contribution in [3.05, 3.63) is 12.4 Å². The van der Waals surface area contributed by atoms with E-state index in [9.17, 15) is 8.42 Å². The largest absolute Gasteiger partial charge is 0.301 e. The van der Waals surface area contributed by atoms with E-state index in [1.807, 2.05) is 0 Å². The fourth-order valence-electron chi connectivity index (χ4n) is 1.88. The van der Waals surface area contributed by atoms with Crippen LogP contribution in [0.4, 0.5) is 5.69 Å². The Morgan fingerprint density at radius 1 is 1.62 bits per heavy atom. The maximum atomic E-state index is 12.0. The molecule has 90 valence electrons. The second-order valence-electron chi connectivity index (χ2n) is 4.20. The van der Waals surface area contributed by atoms with Gasteiger partial charge < -0.3 is 0 Å². The summed E-state index contributed by atoms with van der Waals surface area (Å²) >= 11 is 0. The van der Waals surface area contributed by atoms with Crippen LogP contribution in [0.1, 0.15) is 19.8 Å².